The van der Waals surface area contributed by atoms with E-state index in [4.69, 9.17) is 0 Å². The first-order valence-electron chi connectivity index (χ1n) is 5.69. The zero-order chi connectivity index (χ0) is 12.9. The molecule has 98 valence electrons. The predicted molar refractivity (Wildman–Crippen MR) is 82.0 cm³/mol. The van der Waals surface area contributed by atoms with Gasteiger partial charge in [-0.15, -0.1) is 0 Å². The second kappa shape index (κ2) is 19.7. The molecule has 0 aliphatic rings. The van der Waals surface area contributed by atoms with Crippen molar-refractivity contribution in [3.63, 3.8) is 0 Å². The van der Waals surface area contributed by atoms with Crippen LogP contribution in [-0.4, -0.2) is 0 Å². The second-order valence-electron chi connectivity index (χ2n) is 4.22. The Bertz CT molecular complexity index is 166. The van der Waals surface area contributed by atoms with Gasteiger partial charge in [-0.3, -0.25) is 0 Å². The zero-order valence-electron chi connectivity index (χ0n) is 11.9. The summed E-state index contributed by atoms with van der Waals surface area (Å²) >= 11 is 0. The first kappa shape index (κ1) is 24.4. The van der Waals surface area contributed by atoms with Gasteiger partial charge in [-0.05, 0) is 33.6 Å². The van der Waals surface area contributed by atoms with Crippen molar-refractivity contribution >= 4 is 0 Å². The number of allylic oxidation sites excluding steroid dienone is 4. The van der Waals surface area contributed by atoms with Gasteiger partial charge in [0.2, 0.25) is 0 Å². The summed E-state index contributed by atoms with van der Waals surface area (Å²) in [5.41, 5.74) is 2.40. The minimum atomic E-state index is 0. The molecule has 0 saturated carbocycles. The standard InChI is InChI=1S/C5H12.C5H10.C5H8.CH4/c3*1-4-5(2)3;/h5H,4H2,1-3H3;4H,1-3H3;4H,1-2H2,3H3;1H4. The van der Waals surface area contributed by atoms with Gasteiger partial charge < -0.3 is 0 Å². The highest BCUT2D eigenvalue weighted by atomic mass is 13.9. The largest absolute Gasteiger partial charge is 0.0988 e. The maximum atomic E-state index is 3.56. The van der Waals surface area contributed by atoms with Crippen LogP contribution in [0, 0.1) is 5.92 Å². The lowest BCUT2D eigenvalue weighted by atomic mass is 10.2. The maximum absolute atomic E-state index is 3.56. The average Bonchev–Trinajstić information content (AvgIpc) is 2.19. The normalized spacial score (nSPS) is 7.25. The van der Waals surface area contributed by atoms with Crippen LogP contribution >= 0.6 is 0 Å². The van der Waals surface area contributed by atoms with Gasteiger partial charge in [0.1, 0.15) is 0 Å². The molecule has 0 N–H and O–H groups in total. The van der Waals surface area contributed by atoms with Crippen molar-refractivity contribution in [2.24, 2.45) is 5.92 Å². The molecule has 0 heteroatoms. The molecule has 0 spiro atoms. The highest BCUT2D eigenvalue weighted by molar-refractivity contribution is 5.05. The lowest BCUT2D eigenvalue weighted by Gasteiger charge is -1.90. The number of hydrogen-bond acceptors (Lipinski definition) is 0. The van der Waals surface area contributed by atoms with E-state index >= 15 is 0 Å². The Labute approximate surface area is 105 Å². The van der Waals surface area contributed by atoms with Gasteiger partial charge in [0.05, 0.1) is 0 Å². The lowest BCUT2D eigenvalue weighted by Crippen LogP contribution is -1.77. The van der Waals surface area contributed by atoms with Crippen LogP contribution in [0.25, 0.3) is 0 Å². The molecule has 0 aromatic heterocycles. The molecule has 0 fully saturated rings. The van der Waals surface area contributed by atoms with Gasteiger partial charge in [-0.2, -0.15) is 0 Å². The van der Waals surface area contributed by atoms with Crippen LogP contribution < -0.4 is 0 Å². The summed E-state index contributed by atoms with van der Waals surface area (Å²) in [6.07, 6.45) is 5.11. The summed E-state index contributed by atoms with van der Waals surface area (Å²) in [7, 11) is 0. The molecule has 0 aliphatic heterocycles. The van der Waals surface area contributed by atoms with E-state index in [2.05, 4.69) is 53.9 Å². The second-order valence-corrected chi connectivity index (χ2v) is 4.22. The van der Waals surface area contributed by atoms with E-state index in [1.54, 1.807) is 6.08 Å². The van der Waals surface area contributed by atoms with Crippen molar-refractivity contribution in [1.82, 2.24) is 0 Å². The Morgan fingerprint density at radius 2 is 1.38 bits per heavy atom. The molecule has 0 unspecified atom stereocenters. The van der Waals surface area contributed by atoms with Gasteiger partial charge in [-0.1, -0.05) is 71.1 Å². The molecule has 0 amide bonds. The van der Waals surface area contributed by atoms with Gasteiger partial charge in [0, 0.05) is 0 Å². The van der Waals surface area contributed by atoms with Gasteiger partial charge in [0.25, 0.3) is 0 Å². The highest BCUT2D eigenvalue weighted by Gasteiger charge is 1.80. The fourth-order valence-electron chi connectivity index (χ4n) is 0. The molecule has 0 heterocycles. The van der Waals surface area contributed by atoms with Crippen LogP contribution in [0.3, 0.4) is 0 Å². The smallest absolute Gasteiger partial charge is 0.0404 e. The summed E-state index contributed by atoms with van der Waals surface area (Å²) in [5, 5.41) is 0. The van der Waals surface area contributed by atoms with E-state index < -0.39 is 0 Å². The molecule has 0 radical (unpaired) electrons. The minimum absolute atomic E-state index is 0. The van der Waals surface area contributed by atoms with Crippen molar-refractivity contribution in [2.45, 2.75) is 62.3 Å². The molecular weight excluding hydrogens is 192 g/mol. The van der Waals surface area contributed by atoms with Crippen LogP contribution in [0.4, 0.5) is 0 Å². The molecule has 0 atom stereocenters. The molecule has 0 aromatic carbocycles. The third-order valence-electron chi connectivity index (χ3n) is 1.74. The number of hydrogen-bond donors (Lipinski definition) is 0. The summed E-state index contributed by atoms with van der Waals surface area (Å²) in [6.45, 7) is 21.8. The summed E-state index contributed by atoms with van der Waals surface area (Å²) < 4.78 is 0. The van der Waals surface area contributed by atoms with E-state index in [-0.39, 0.29) is 7.43 Å². The van der Waals surface area contributed by atoms with Crippen molar-refractivity contribution in [1.29, 1.82) is 0 Å². The SMILES string of the molecule is C.C=CC(=C)C.CC=C(C)C.CCC(C)C. The van der Waals surface area contributed by atoms with Crippen LogP contribution in [0.5, 0.6) is 0 Å². The summed E-state index contributed by atoms with van der Waals surface area (Å²) in [6, 6.07) is 0. The fourth-order valence-corrected chi connectivity index (χ4v) is 0. The Hall–Kier alpha value is -0.780. The first-order valence-corrected chi connectivity index (χ1v) is 5.69. The minimum Gasteiger partial charge on any atom is -0.0988 e. The Kier molecular flexibility index (Phi) is 30.2. The molecule has 16 heavy (non-hydrogen) atoms. The van der Waals surface area contributed by atoms with E-state index in [9.17, 15) is 0 Å². The van der Waals surface area contributed by atoms with Gasteiger partial charge in [-0.25, -0.2) is 0 Å². The van der Waals surface area contributed by atoms with E-state index in [0.29, 0.717) is 0 Å². The summed E-state index contributed by atoms with van der Waals surface area (Å²) in [4.78, 5) is 0. The van der Waals surface area contributed by atoms with Gasteiger partial charge >= 0.3 is 0 Å². The molecule has 0 bridgehead atoms. The quantitative estimate of drug-likeness (QED) is 0.377. The van der Waals surface area contributed by atoms with Crippen LogP contribution in [-0.2, 0) is 0 Å². The molecule has 0 saturated heterocycles. The highest BCUT2D eigenvalue weighted by Crippen LogP contribution is 1.93. The van der Waals surface area contributed by atoms with E-state index in [0.717, 1.165) is 11.5 Å². The zero-order valence-corrected chi connectivity index (χ0v) is 11.9. The fraction of sp³-hybridized carbons (Fsp3) is 0.625. The molecule has 0 rings (SSSR count). The molecule has 0 aromatic rings. The Morgan fingerprint density at radius 1 is 1.19 bits per heavy atom. The van der Waals surface area contributed by atoms with Crippen LogP contribution in [0.1, 0.15) is 62.3 Å². The summed E-state index contributed by atoms with van der Waals surface area (Å²) in [5.74, 6) is 0.884. The number of rotatable bonds is 2. The third kappa shape index (κ3) is 72.4. The molecule has 0 nitrogen and oxygen atoms in total. The Morgan fingerprint density at radius 3 is 1.38 bits per heavy atom. The lowest BCUT2D eigenvalue weighted by molar-refractivity contribution is 0.626. The predicted octanol–water partition coefficient (Wildman–Crippen LogP) is 6.41. The van der Waals surface area contributed by atoms with Crippen molar-refractivity contribution in [2.75, 3.05) is 0 Å². The Balaban J connectivity index is -0.0000000655. The van der Waals surface area contributed by atoms with Crippen LogP contribution in [0.2, 0.25) is 0 Å². The third-order valence-corrected chi connectivity index (χ3v) is 1.74. The van der Waals surface area contributed by atoms with Crippen molar-refractivity contribution < 1.29 is 0 Å². The van der Waals surface area contributed by atoms with E-state index in [1.165, 1.54) is 12.0 Å². The topological polar surface area (TPSA) is 0 Å². The van der Waals surface area contributed by atoms with Crippen molar-refractivity contribution in [3.8, 4) is 0 Å². The maximum Gasteiger partial charge on any atom is -0.0404 e. The monoisotopic (exact) mass is 226 g/mol. The average molecular weight is 226 g/mol. The van der Waals surface area contributed by atoms with E-state index in [1.807, 2.05) is 13.8 Å². The molecular formula is C16H34. The van der Waals surface area contributed by atoms with Gasteiger partial charge in [0.15, 0.2) is 0 Å². The first-order chi connectivity index (χ1) is 6.81. The van der Waals surface area contributed by atoms with Crippen LogP contribution in [0.15, 0.2) is 36.5 Å². The molecule has 0 aliphatic carbocycles. The van der Waals surface area contributed by atoms with Crippen molar-refractivity contribution in [3.05, 3.63) is 36.5 Å².